The van der Waals surface area contributed by atoms with Crippen molar-refractivity contribution in [3.05, 3.63) is 34.9 Å². The zero-order chi connectivity index (χ0) is 12.8. The third-order valence-electron chi connectivity index (χ3n) is 3.42. The predicted molar refractivity (Wildman–Crippen MR) is 73.6 cm³/mol. The van der Waals surface area contributed by atoms with Gasteiger partial charge in [0.25, 0.3) is 0 Å². The fraction of sp³-hybridized carbons (Fsp3) is 0.562. The topological polar surface area (TPSA) is 17.1 Å². The van der Waals surface area contributed by atoms with Gasteiger partial charge in [0.2, 0.25) is 0 Å². The molecule has 1 rings (SSSR count). The summed E-state index contributed by atoms with van der Waals surface area (Å²) >= 11 is 0. The monoisotopic (exact) mass is 232 g/mol. The summed E-state index contributed by atoms with van der Waals surface area (Å²) in [7, 11) is 0. The minimum atomic E-state index is 0.150. The Labute approximate surface area is 105 Å². The number of hydrogen-bond donors (Lipinski definition) is 0. The molecule has 0 bridgehead atoms. The van der Waals surface area contributed by atoms with Crippen LogP contribution in [0, 0.1) is 5.92 Å². The Balaban J connectivity index is 2.95. The van der Waals surface area contributed by atoms with Crippen LogP contribution in [-0.4, -0.2) is 5.78 Å². The molecule has 0 spiro atoms. The lowest BCUT2D eigenvalue weighted by molar-refractivity contribution is 0.0923. The van der Waals surface area contributed by atoms with Crippen molar-refractivity contribution in [2.24, 2.45) is 5.92 Å². The molecule has 1 heteroatoms. The first kappa shape index (κ1) is 14.0. The van der Waals surface area contributed by atoms with E-state index in [1.54, 1.807) is 0 Å². The van der Waals surface area contributed by atoms with Crippen molar-refractivity contribution >= 4 is 5.78 Å². The lowest BCUT2D eigenvalue weighted by atomic mass is 9.92. The molecule has 0 aliphatic carbocycles. The van der Waals surface area contributed by atoms with Crippen LogP contribution in [0.15, 0.2) is 18.2 Å². The van der Waals surface area contributed by atoms with Crippen molar-refractivity contribution in [1.29, 1.82) is 0 Å². The zero-order valence-electron chi connectivity index (χ0n) is 11.5. The molecular weight excluding hydrogens is 208 g/mol. The Morgan fingerprint density at radius 2 is 1.76 bits per heavy atom. The smallest absolute Gasteiger partial charge is 0.165 e. The quantitative estimate of drug-likeness (QED) is 0.663. The summed E-state index contributed by atoms with van der Waals surface area (Å²) in [6.45, 7) is 8.47. The number of ketones is 1. The van der Waals surface area contributed by atoms with Crippen molar-refractivity contribution < 1.29 is 4.79 Å². The van der Waals surface area contributed by atoms with Gasteiger partial charge in [0, 0.05) is 11.5 Å². The molecule has 17 heavy (non-hydrogen) atoms. The van der Waals surface area contributed by atoms with E-state index >= 15 is 0 Å². The van der Waals surface area contributed by atoms with Crippen LogP contribution in [0.4, 0.5) is 0 Å². The summed E-state index contributed by atoms with van der Waals surface area (Å²) in [6.07, 6.45) is 4.10. The van der Waals surface area contributed by atoms with E-state index in [9.17, 15) is 4.79 Å². The molecule has 0 aliphatic rings. The number of hydrogen-bond acceptors (Lipinski definition) is 1. The highest BCUT2D eigenvalue weighted by molar-refractivity contribution is 5.97. The number of Topliss-reactive ketones (excluding diaryl/α,β-unsaturated/α-hetero) is 1. The van der Waals surface area contributed by atoms with Crippen molar-refractivity contribution in [2.75, 3.05) is 0 Å². The minimum Gasteiger partial charge on any atom is -0.294 e. The molecule has 0 radical (unpaired) electrons. The fourth-order valence-electron chi connectivity index (χ4n) is 2.30. The van der Waals surface area contributed by atoms with Crippen molar-refractivity contribution in [2.45, 2.75) is 53.4 Å². The average molecular weight is 232 g/mol. The van der Waals surface area contributed by atoms with Gasteiger partial charge >= 0.3 is 0 Å². The SMILES string of the molecule is CCCC(C)C(=O)c1ccc(CC)c(CC)c1. The van der Waals surface area contributed by atoms with Crippen molar-refractivity contribution in [1.82, 2.24) is 0 Å². The Morgan fingerprint density at radius 1 is 1.12 bits per heavy atom. The van der Waals surface area contributed by atoms with E-state index < -0.39 is 0 Å². The highest BCUT2D eigenvalue weighted by Gasteiger charge is 2.15. The summed E-state index contributed by atoms with van der Waals surface area (Å²) in [5, 5.41) is 0. The molecule has 1 aromatic rings. The summed E-state index contributed by atoms with van der Waals surface area (Å²) in [6, 6.07) is 6.20. The minimum absolute atomic E-state index is 0.150. The molecule has 1 nitrogen and oxygen atoms in total. The standard InChI is InChI=1S/C16H24O/c1-5-8-12(4)16(17)15-10-9-13(6-2)14(7-3)11-15/h9-12H,5-8H2,1-4H3. The summed E-state index contributed by atoms with van der Waals surface area (Å²) < 4.78 is 0. The maximum Gasteiger partial charge on any atom is 0.165 e. The fourth-order valence-corrected chi connectivity index (χ4v) is 2.30. The number of aryl methyl sites for hydroxylation is 2. The van der Waals surface area contributed by atoms with Crippen LogP contribution in [0.5, 0.6) is 0 Å². The van der Waals surface area contributed by atoms with E-state index in [-0.39, 0.29) is 5.92 Å². The van der Waals surface area contributed by atoms with Crippen LogP contribution in [0.1, 0.15) is 62.0 Å². The summed E-state index contributed by atoms with van der Waals surface area (Å²) in [5.41, 5.74) is 3.58. The largest absolute Gasteiger partial charge is 0.294 e. The van der Waals surface area contributed by atoms with E-state index in [1.165, 1.54) is 11.1 Å². The summed E-state index contributed by atoms with van der Waals surface area (Å²) in [5.74, 6) is 0.446. The van der Waals surface area contributed by atoms with Crippen LogP contribution in [0.3, 0.4) is 0 Å². The number of carbonyl (C=O) groups is 1. The lowest BCUT2D eigenvalue weighted by Crippen LogP contribution is -2.11. The highest BCUT2D eigenvalue weighted by Crippen LogP contribution is 2.18. The molecule has 0 saturated carbocycles. The molecule has 0 N–H and O–H groups in total. The van der Waals surface area contributed by atoms with E-state index in [4.69, 9.17) is 0 Å². The van der Waals surface area contributed by atoms with Gasteiger partial charge in [-0.25, -0.2) is 0 Å². The van der Waals surface area contributed by atoms with Crippen molar-refractivity contribution in [3.8, 4) is 0 Å². The van der Waals surface area contributed by atoms with E-state index in [1.807, 2.05) is 13.0 Å². The molecule has 0 aromatic heterocycles. The molecule has 94 valence electrons. The Bertz CT molecular complexity index is 379. The first-order valence-electron chi connectivity index (χ1n) is 6.79. The van der Waals surface area contributed by atoms with Crippen LogP contribution >= 0.6 is 0 Å². The van der Waals surface area contributed by atoms with Crippen LogP contribution in [-0.2, 0) is 12.8 Å². The summed E-state index contributed by atoms with van der Waals surface area (Å²) in [4.78, 5) is 12.2. The Morgan fingerprint density at radius 3 is 2.29 bits per heavy atom. The second-order valence-electron chi connectivity index (χ2n) is 4.74. The highest BCUT2D eigenvalue weighted by atomic mass is 16.1. The van der Waals surface area contributed by atoms with Gasteiger partial charge in [-0.3, -0.25) is 4.79 Å². The number of benzene rings is 1. The molecule has 1 atom stereocenters. The van der Waals surface area contributed by atoms with Gasteiger partial charge in [0.15, 0.2) is 5.78 Å². The van der Waals surface area contributed by atoms with Gasteiger partial charge in [-0.15, -0.1) is 0 Å². The van der Waals surface area contributed by atoms with Gasteiger partial charge in [-0.2, -0.15) is 0 Å². The van der Waals surface area contributed by atoms with Gasteiger partial charge < -0.3 is 0 Å². The van der Waals surface area contributed by atoms with E-state index in [2.05, 4.69) is 32.9 Å². The maximum atomic E-state index is 12.2. The Hall–Kier alpha value is -1.11. The van der Waals surface area contributed by atoms with Gasteiger partial charge in [-0.05, 0) is 36.5 Å². The Kier molecular flexibility index (Phi) is 5.40. The third kappa shape index (κ3) is 3.42. The zero-order valence-corrected chi connectivity index (χ0v) is 11.5. The van der Waals surface area contributed by atoms with Crippen molar-refractivity contribution in [3.63, 3.8) is 0 Å². The van der Waals surface area contributed by atoms with Crippen LogP contribution in [0.2, 0.25) is 0 Å². The number of rotatable bonds is 6. The molecular formula is C16H24O. The van der Waals surface area contributed by atoms with E-state index in [0.717, 1.165) is 31.2 Å². The molecule has 1 aromatic carbocycles. The second kappa shape index (κ2) is 6.58. The van der Waals surface area contributed by atoms with Gasteiger partial charge in [-0.1, -0.05) is 46.2 Å². The van der Waals surface area contributed by atoms with Gasteiger partial charge in [0.1, 0.15) is 0 Å². The molecule has 0 amide bonds. The van der Waals surface area contributed by atoms with Crippen LogP contribution in [0.25, 0.3) is 0 Å². The molecule has 0 saturated heterocycles. The lowest BCUT2D eigenvalue weighted by Gasteiger charge is -2.12. The molecule has 0 fully saturated rings. The average Bonchev–Trinajstić information content (AvgIpc) is 2.37. The van der Waals surface area contributed by atoms with Gasteiger partial charge in [0.05, 0.1) is 0 Å². The van der Waals surface area contributed by atoms with Crippen LogP contribution < -0.4 is 0 Å². The molecule has 1 unspecified atom stereocenters. The first-order chi connectivity index (χ1) is 8.13. The molecule has 0 heterocycles. The molecule has 0 aliphatic heterocycles. The first-order valence-corrected chi connectivity index (χ1v) is 6.79. The third-order valence-corrected chi connectivity index (χ3v) is 3.42. The predicted octanol–water partition coefficient (Wildman–Crippen LogP) is 4.43. The van der Waals surface area contributed by atoms with E-state index in [0.29, 0.717) is 5.78 Å². The maximum absolute atomic E-state index is 12.2. The second-order valence-corrected chi connectivity index (χ2v) is 4.74. The number of carbonyl (C=O) groups excluding carboxylic acids is 1. The normalized spacial score (nSPS) is 12.5.